The molecular formula is C6H13Cl2N. The number of hydrogen-bond donors (Lipinski definition) is 1. The Morgan fingerprint density at radius 2 is 1.78 bits per heavy atom. The molecule has 1 aliphatic heterocycles. The lowest BCUT2D eigenvalue weighted by Gasteiger charge is -2.07. The van der Waals surface area contributed by atoms with Crippen LogP contribution in [0.15, 0.2) is 0 Å². The number of likely N-dealkylation sites (tertiary alicyclic amines) is 1. The maximum absolute atomic E-state index is 5.56. The summed E-state index contributed by atoms with van der Waals surface area (Å²) in [7, 11) is 0. The van der Waals surface area contributed by atoms with Crippen molar-refractivity contribution in [2.75, 3.05) is 25.5 Å². The van der Waals surface area contributed by atoms with E-state index >= 15 is 0 Å². The van der Waals surface area contributed by atoms with E-state index in [-0.39, 0.29) is 12.4 Å². The standard InChI is InChI=1S/C6H12ClN.ClH/c7-3-6-8-4-1-2-5-8;/h1-6H2;1H. The van der Waals surface area contributed by atoms with Crippen LogP contribution in [-0.2, 0) is 0 Å². The molecule has 1 nitrogen and oxygen atoms in total. The predicted octanol–water partition coefficient (Wildman–Crippen LogP) is -3.09. The fraction of sp³-hybridized carbons (Fsp3) is 1.00. The molecule has 0 aromatic heterocycles. The van der Waals surface area contributed by atoms with Crippen molar-refractivity contribution in [1.82, 2.24) is 0 Å². The van der Waals surface area contributed by atoms with Crippen LogP contribution in [0.1, 0.15) is 12.8 Å². The Bertz CT molecular complexity index is 62.1. The number of hydrogen-bond acceptors (Lipinski definition) is 0. The second-order valence-electron chi connectivity index (χ2n) is 2.40. The third-order valence-corrected chi connectivity index (χ3v) is 1.95. The van der Waals surface area contributed by atoms with E-state index in [0.717, 1.165) is 5.88 Å². The molecule has 1 heterocycles. The lowest BCUT2D eigenvalue weighted by molar-refractivity contribution is -0.884. The first-order valence-corrected chi connectivity index (χ1v) is 3.86. The number of quaternary nitrogens is 1. The van der Waals surface area contributed by atoms with Gasteiger partial charge in [0.05, 0.1) is 25.5 Å². The summed E-state index contributed by atoms with van der Waals surface area (Å²) >= 11 is 5.56. The van der Waals surface area contributed by atoms with Crippen LogP contribution >= 0.6 is 11.6 Å². The van der Waals surface area contributed by atoms with Gasteiger partial charge in [-0.15, -0.1) is 11.6 Å². The minimum absolute atomic E-state index is 0. The molecule has 0 saturated carbocycles. The van der Waals surface area contributed by atoms with Gasteiger partial charge in [-0.3, -0.25) is 0 Å². The molecule has 1 fully saturated rings. The molecule has 0 aromatic carbocycles. The first-order chi connectivity index (χ1) is 3.93. The third kappa shape index (κ3) is 3.29. The molecular weight excluding hydrogens is 157 g/mol. The van der Waals surface area contributed by atoms with E-state index in [1.807, 2.05) is 0 Å². The molecule has 0 unspecified atom stereocenters. The first kappa shape index (κ1) is 9.54. The van der Waals surface area contributed by atoms with E-state index in [1.165, 1.54) is 32.5 Å². The summed E-state index contributed by atoms with van der Waals surface area (Å²) in [4.78, 5) is 1.69. The van der Waals surface area contributed by atoms with Crippen molar-refractivity contribution in [2.45, 2.75) is 12.8 Å². The van der Waals surface area contributed by atoms with Gasteiger partial charge in [0.1, 0.15) is 0 Å². The van der Waals surface area contributed by atoms with Gasteiger partial charge >= 0.3 is 0 Å². The molecule has 1 N–H and O–H groups in total. The predicted molar refractivity (Wildman–Crippen MR) is 35.5 cm³/mol. The van der Waals surface area contributed by atoms with Crippen molar-refractivity contribution in [3.63, 3.8) is 0 Å². The summed E-state index contributed by atoms with van der Waals surface area (Å²) in [5.41, 5.74) is 0. The van der Waals surface area contributed by atoms with E-state index in [2.05, 4.69) is 0 Å². The number of halogens is 2. The molecule has 0 spiro atoms. The van der Waals surface area contributed by atoms with Gasteiger partial charge in [-0.25, -0.2) is 0 Å². The topological polar surface area (TPSA) is 4.44 Å². The summed E-state index contributed by atoms with van der Waals surface area (Å²) in [6, 6.07) is 0. The number of rotatable bonds is 2. The van der Waals surface area contributed by atoms with Gasteiger partial charge in [0, 0.05) is 12.8 Å². The van der Waals surface area contributed by atoms with Crippen LogP contribution in [0.2, 0.25) is 0 Å². The maximum atomic E-state index is 5.56. The van der Waals surface area contributed by atoms with E-state index < -0.39 is 0 Å². The van der Waals surface area contributed by atoms with Crippen LogP contribution in [0.3, 0.4) is 0 Å². The second kappa shape index (κ2) is 5.33. The van der Waals surface area contributed by atoms with Gasteiger partial charge in [-0.1, -0.05) is 0 Å². The van der Waals surface area contributed by atoms with Gasteiger partial charge in [-0.2, -0.15) is 0 Å². The van der Waals surface area contributed by atoms with Crippen molar-refractivity contribution >= 4 is 11.6 Å². The Labute approximate surface area is 67.8 Å². The Morgan fingerprint density at radius 3 is 2.22 bits per heavy atom. The monoisotopic (exact) mass is 169 g/mol. The summed E-state index contributed by atoms with van der Waals surface area (Å²) in [5, 5.41) is 0. The van der Waals surface area contributed by atoms with Gasteiger partial charge in [-0.05, 0) is 0 Å². The molecule has 0 aromatic rings. The fourth-order valence-electron chi connectivity index (χ4n) is 1.26. The molecule has 0 aliphatic carbocycles. The summed E-state index contributed by atoms with van der Waals surface area (Å²) < 4.78 is 0. The highest BCUT2D eigenvalue weighted by Crippen LogP contribution is 1.86. The zero-order valence-corrected chi connectivity index (χ0v) is 7.01. The zero-order chi connectivity index (χ0) is 5.82. The first-order valence-electron chi connectivity index (χ1n) is 3.33. The van der Waals surface area contributed by atoms with E-state index in [4.69, 9.17) is 11.6 Å². The van der Waals surface area contributed by atoms with Crippen molar-refractivity contribution in [1.29, 1.82) is 0 Å². The van der Waals surface area contributed by atoms with Gasteiger partial charge in [0.2, 0.25) is 0 Å². The fourth-order valence-corrected chi connectivity index (χ4v) is 1.53. The van der Waals surface area contributed by atoms with E-state index in [0.29, 0.717) is 0 Å². The normalized spacial score (nSPS) is 19.7. The summed E-state index contributed by atoms with van der Waals surface area (Å²) in [5.74, 6) is 0.829. The lowest BCUT2D eigenvalue weighted by atomic mass is 10.4. The maximum Gasteiger partial charge on any atom is 0.0908 e. The smallest absolute Gasteiger partial charge is 0.0908 e. The average molecular weight is 170 g/mol. The van der Waals surface area contributed by atoms with E-state index in [9.17, 15) is 0 Å². The minimum Gasteiger partial charge on any atom is -1.00 e. The van der Waals surface area contributed by atoms with Gasteiger partial charge in [0.25, 0.3) is 0 Å². The molecule has 56 valence electrons. The highest BCUT2D eigenvalue weighted by atomic mass is 35.5. The van der Waals surface area contributed by atoms with Crippen molar-refractivity contribution in [3.8, 4) is 0 Å². The second-order valence-corrected chi connectivity index (χ2v) is 2.77. The Balaban J connectivity index is 0.000000640. The quantitative estimate of drug-likeness (QED) is 0.419. The van der Waals surface area contributed by atoms with Crippen molar-refractivity contribution in [3.05, 3.63) is 0 Å². The minimum atomic E-state index is 0. The molecule has 1 rings (SSSR count). The molecule has 0 bridgehead atoms. The zero-order valence-electron chi connectivity index (χ0n) is 5.50. The molecule has 0 atom stereocenters. The largest absolute Gasteiger partial charge is 1.00 e. The Morgan fingerprint density at radius 1 is 1.22 bits per heavy atom. The van der Waals surface area contributed by atoms with Crippen LogP contribution in [0, 0.1) is 0 Å². The van der Waals surface area contributed by atoms with Gasteiger partial charge < -0.3 is 17.3 Å². The lowest BCUT2D eigenvalue weighted by Crippen LogP contribution is -3.10. The van der Waals surface area contributed by atoms with Gasteiger partial charge in [0.15, 0.2) is 0 Å². The highest BCUT2D eigenvalue weighted by Gasteiger charge is 2.12. The van der Waals surface area contributed by atoms with Crippen LogP contribution in [-0.4, -0.2) is 25.5 Å². The van der Waals surface area contributed by atoms with Crippen LogP contribution in [0.4, 0.5) is 0 Å². The average Bonchev–Trinajstić information content (AvgIpc) is 2.19. The molecule has 1 aliphatic rings. The molecule has 1 saturated heterocycles. The Hall–Kier alpha value is 0.540. The molecule has 3 heteroatoms. The Kier molecular flexibility index (Phi) is 5.65. The van der Waals surface area contributed by atoms with Crippen LogP contribution in [0.5, 0.6) is 0 Å². The molecule has 0 radical (unpaired) electrons. The van der Waals surface area contributed by atoms with Crippen LogP contribution < -0.4 is 17.3 Å². The summed E-state index contributed by atoms with van der Waals surface area (Å²) in [6.45, 7) is 3.88. The van der Waals surface area contributed by atoms with Crippen molar-refractivity contribution in [2.24, 2.45) is 0 Å². The SMILES string of the molecule is ClCC[NH+]1CCCC1.[Cl-]. The molecule has 0 amide bonds. The molecule has 9 heavy (non-hydrogen) atoms. The van der Waals surface area contributed by atoms with Crippen LogP contribution in [0.25, 0.3) is 0 Å². The number of nitrogens with one attached hydrogen (secondary N) is 1. The third-order valence-electron chi connectivity index (χ3n) is 1.76. The number of alkyl halides is 1. The highest BCUT2D eigenvalue weighted by molar-refractivity contribution is 6.17. The van der Waals surface area contributed by atoms with E-state index in [1.54, 1.807) is 4.90 Å². The summed E-state index contributed by atoms with van der Waals surface area (Å²) in [6.07, 6.45) is 2.82. The van der Waals surface area contributed by atoms with Crippen molar-refractivity contribution < 1.29 is 17.3 Å².